The van der Waals surface area contributed by atoms with E-state index in [1.54, 1.807) is 30.3 Å². The third-order valence-electron chi connectivity index (χ3n) is 6.59. The number of nitro benzene ring substituents is 1. The van der Waals surface area contributed by atoms with Gasteiger partial charge in [0.25, 0.3) is 5.69 Å². The smallest absolute Gasteiger partial charge is 0.407 e. The summed E-state index contributed by atoms with van der Waals surface area (Å²) in [4.78, 5) is 34.1. The van der Waals surface area contributed by atoms with Crippen LogP contribution in [-0.2, 0) is 9.47 Å². The molecular formula is C33H49N3O8. The van der Waals surface area contributed by atoms with Crippen LogP contribution in [0.1, 0.15) is 95.3 Å². The highest BCUT2D eigenvalue weighted by molar-refractivity contribution is 5.90. The molecule has 0 heterocycles. The molecule has 1 amide bonds. The molecule has 0 atom stereocenters. The Hall–Kier alpha value is -4.02. The van der Waals surface area contributed by atoms with Crippen LogP contribution in [0.3, 0.4) is 0 Å². The standard InChI is InChI=1S/C33H49N3O8/c1-33(2,3)44-32(38)35-19-13-11-9-7-5-6-8-10-12-14-21-42-29-23-26(31(37)41-4)24-30(25-29)43-22-20-34-27-15-17-28(18-16-27)36(39)40/h15-18,23-25,34H,5-14,19-22H2,1-4H3,(H,35,38). The number of anilines is 1. The van der Waals surface area contributed by atoms with E-state index < -0.39 is 16.5 Å². The van der Waals surface area contributed by atoms with Gasteiger partial charge >= 0.3 is 12.1 Å². The third-order valence-corrected chi connectivity index (χ3v) is 6.59. The zero-order valence-electron chi connectivity index (χ0n) is 26.7. The molecule has 11 nitrogen and oxygen atoms in total. The molecule has 2 rings (SSSR count). The largest absolute Gasteiger partial charge is 0.493 e. The number of alkyl carbamates (subject to hydrolysis) is 1. The SMILES string of the molecule is COC(=O)c1cc(OCCCCCCCCCCCCNC(=O)OC(C)(C)C)cc(OCCNc2ccc([N+](=O)[O-])cc2)c1. The number of esters is 1. The molecule has 0 saturated carbocycles. The van der Waals surface area contributed by atoms with Crippen molar-refractivity contribution in [3.63, 3.8) is 0 Å². The van der Waals surface area contributed by atoms with E-state index in [9.17, 15) is 19.7 Å². The van der Waals surface area contributed by atoms with Crippen LogP contribution in [0.2, 0.25) is 0 Å². The number of ether oxygens (including phenoxy) is 4. The monoisotopic (exact) mass is 615 g/mol. The number of rotatable bonds is 21. The molecule has 0 bridgehead atoms. The fraction of sp³-hybridized carbons (Fsp3) is 0.576. The molecule has 0 fully saturated rings. The van der Waals surface area contributed by atoms with Crippen LogP contribution in [0.15, 0.2) is 42.5 Å². The number of methoxy groups -OCH3 is 1. The fourth-order valence-corrected chi connectivity index (χ4v) is 4.38. The van der Waals surface area contributed by atoms with Gasteiger partial charge in [-0.1, -0.05) is 51.4 Å². The van der Waals surface area contributed by atoms with E-state index in [1.165, 1.54) is 51.3 Å². The second-order valence-electron chi connectivity index (χ2n) is 11.6. The Morgan fingerprint density at radius 3 is 1.86 bits per heavy atom. The lowest BCUT2D eigenvalue weighted by Crippen LogP contribution is -2.32. The number of unbranched alkanes of at least 4 members (excludes halogenated alkanes) is 9. The van der Waals surface area contributed by atoms with Crippen molar-refractivity contribution in [2.45, 2.75) is 90.6 Å². The van der Waals surface area contributed by atoms with Gasteiger partial charge in [-0.05, 0) is 57.9 Å². The highest BCUT2D eigenvalue weighted by atomic mass is 16.6. The van der Waals surface area contributed by atoms with Gasteiger partial charge in [0.05, 0.1) is 24.2 Å². The average Bonchev–Trinajstić information content (AvgIpc) is 2.98. The first kappa shape index (κ1) is 36.2. The summed E-state index contributed by atoms with van der Waals surface area (Å²) < 4.78 is 21.9. The van der Waals surface area contributed by atoms with Crippen molar-refractivity contribution in [2.24, 2.45) is 0 Å². The minimum Gasteiger partial charge on any atom is -0.493 e. The minimum absolute atomic E-state index is 0.0323. The zero-order valence-corrected chi connectivity index (χ0v) is 26.7. The number of carbonyl (C=O) groups is 2. The summed E-state index contributed by atoms with van der Waals surface area (Å²) >= 11 is 0. The van der Waals surface area contributed by atoms with Crippen LogP contribution < -0.4 is 20.1 Å². The van der Waals surface area contributed by atoms with Gasteiger partial charge in [0.15, 0.2) is 0 Å². The molecule has 44 heavy (non-hydrogen) atoms. The normalized spacial score (nSPS) is 11.0. The molecule has 0 aliphatic rings. The topological polar surface area (TPSA) is 138 Å². The lowest BCUT2D eigenvalue weighted by molar-refractivity contribution is -0.384. The van der Waals surface area contributed by atoms with Gasteiger partial charge < -0.3 is 29.6 Å². The summed E-state index contributed by atoms with van der Waals surface area (Å²) in [5.74, 6) is 0.571. The van der Waals surface area contributed by atoms with Gasteiger partial charge in [0.2, 0.25) is 0 Å². The molecule has 0 aliphatic carbocycles. The molecule has 0 radical (unpaired) electrons. The maximum atomic E-state index is 12.1. The zero-order chi connectivity index (χ0) is 32.2. The second kappa shape index (κ2) is 20.0. The first-order chi connectivity index (χ1) is 21.1. The molecular weight excluding hydrogens is 566 g/mol. The number of benzene rings is 2. The summed E-state index contributed by atoms with van der Waals surface area (Å²) in [6.45, 7) is 7.55. The van der Waals surface area contributed by atoms with Crippen LogP contribution in [-0.4, -0.2) is 56.0 Å². The van der Waals surface area contributed by atoms with Crippen molar-refractivity contribution in [3.05, 3.63) is 58.1 Å². The van der Waals surface area contributed by atoms with Crippen molar-refractivity contribution in [1.82, 2.24) is 5.32 Å². The van der Waals surface area contributed by atoms with Gasteiger partial charge in [-0.2, -0.15) is 0 Å². The lowest BCUT2D eigenvalue weighted by atomic mass is 10.1. The first-order valence-electron chi connectivity index (χ1n) is 15.5. The van der Waals surface area contributed by atoms with E-state index in [2.05, 4.69) is 10.6 Å². The summed E-state index contributed by atoms with van der Waals surface area (Å²) in [5, 5.41) is 16.7. The second-order valence-corrected chi connectivity index (χ2v) is 11.6. The highest BCUT2D eigenvalue weighted by Gasteiger charge is 2.15. The van der Waals surface area contributed by atoms with E-state index >= 15 is 0 Å². The van der Waals surface area contributed by atoms with Gasteiger partial charge in [0.1, 0.15) is 23.7 Å². The first-order valence-corrected chi connectivity index (χ1v) is 15.5. The quantitative estimate of drug-likeness (QED) is 0.0626. The minimum atomic E-state index is -0.471. The summed E-state index contributed by atoms with van der Waals surface area (Å²) in [5.41, 5.74) is 0.663. The van der Waals surface area contributed by atoms with Crippen LogP contribution in [0.4, 0.5) is 16.2 Å². The van der Waals surface area contributed by atoms with Crippen molar-refractivity contribution in [2.75, 3.05) is 38.7 Å². The predicted molar refractivity (Wildman–Crippen MR) is 171 cm³/mol. The Morgan fingerprint density at radius 2 is 1.32 bits per heavy atom. The Balaban J connectivity index is 1.57. The Kier molecular flexibility index (Phi) is 16.5. The molecule has 0 spiro atoms. The van der Waals surface area contributed by atoms with Gasteiger partial charge in [0, 0.05) is 37.0 Å². The number of nitro groups is 1. The van der Waals surface area contributed by atoms with Crippen molar-refractivity contribution >= 4 is 23.4 Å². The maximum absolute atomic E-state index is 12.1. The maximum Gasteiger partial charge on any atom is 0.407 e. The Morgan fingerprint density at radius 1 is 0.773 bits per heavy atom. The number of amides is 1. The molecule has 0 saturated heterocycles. The van der Waals surface area contributed by atoms with Crippen LogP contribution in [0, 0.1) is 10.1 Å². The van der Waals surface area contributed by atoms with Gasteiger partial charge in [-0.3, -0.25) is 10.1 Å². The van der Waals surface area contributed by atoms with Crippen molar-refractivity contribution < 1.29 is 33.5 Å². The van der Waals surface area contributed by atoms with Crippen molar-refractivity contribution in [1.29, 1.82) is 0 Å². The van der Waals surface area contributed by atoms with E-state index in [1.807, 2.05) is 20.8 Å². The number of hydrogen-bond donors (Lipinski definition) is 2. The Labute approximate surface area is 261 Å². The molecule has 2 N–H and O–H groups in total. The third kappa shape index (κ3) is 16.0. The lowest BCUT2D eigenvalue weighted by Gasteiger charge is -2.19. The van der Waals surface area contributed by atoms with Crippen LogP contribution in [0.25, 0.3) is 0 Å². The van der Waals surface area contributed by atoms with Crippen molar-refractivity contribution in [3.8, 4) is 11.5 Å². The molecule has 11 heteroatoms. The van der Waals surface area contributed by atoms with E-state index in [-0.39, 0.29) is 11.8 Å². The molecule has 0 aromatic heterocycles. The molecule has 0 aliphatic heterocycles. The highest BCUT2D eigenvalue weighted by Crippen LogP contribution is 2.24. The van der Waals surface area contributed by atoms with Crippen LogP contribution in [0.5, 0.6) is 11.5 Å². The van der Waals surface area contributed by atoms with Gasteiger partial charge in [-0.25, -0.2) is 9.59 Å². The number of hydrogen-bond acceptors (Lipinski definition) is 9. The number of nitrogens with zero attached hydrogens (tertiary/aromatic N) is 1. The summed E-state index contributed by atoms with van der Waals surface area (Å²) in [6, 6.07) is 11.2. The Bertz CT molecular complexity index is 1150. The summed E-state index contributed by atoms with van der Waals surface area (Å²) in [6.07, 6.45) is 10.9. The molecule has 2 aromatic carbocycles. The fourth-order valence-electron chi connectivity index (χ4n) is 4.38. The van der Waals surface area contributed by atoms with Gasteiger partial charge in [-0.15, -0.1) is 0 Å². The predicted octanol–water partition coefficient (Wildman–Crippen LogP) is 7.68. The number of non-ortho nitro benzene ring substituents is 1. The molecule has 0 unspecified atom stereocenters. The number of carbonyl (C=O) groups excluding carboxylic acids is 2. The molecule has 2 aromatic rings. The van der Waals surface area contributed by atoms with E-state index in [0.29, 0.717) is 43.4 Å². The van der Waals surface area contributed by atoms with E-state index in [4.69, 9.17) is 18.9 Å². The van der Waals surface area contributed by atoms with E-state index in [0.717, 1.165) is 37.8 Å². The average molecular weight is 616 g/mol. The molecule has 244 valence electrons. The summed E-state index contributed by atoms with van der Waals surface area (Å²) in [7, 11) is 1.33. The number of nitrogens with one attached hydrogen (secondary N) is 2. The van der Waals surface area contributed by atoms with Crippen LogP contribution >= 0.6 is 0 Å².